The first kappa shape index (κ1) is 28.6. The molecule has 0 radical (unpaired) electrons. The molecule has 0 bridgehead atoms. The average Bonchev–Trinajstić information content (AvgIpc) is 2.44. The Labute approximate surface area is 140 Å². The molecule has 0 saturated carbocycles. The minimum absolute atomic E-state index is 0.0938. The summed E-state index contributed by atoms with van der Waals surface area (Å²) in [5, 5.41) is 28.6. The van der Waals surface area contributed by atoms with Crippen molar-refractivity contribution in [2.75, 3.05) is 19.8 Å². The Morgan fingerprint density at radius 1 is 0.800 bits per heavy atom. The van der Waals surface area contributed by atoms with Crippen molar-refractivity contribution < 1.29 is 15.3 Å². The van der Waals surface area contributed by atoms with E-state index in [1.54, 1.807) is 22.5 Å². The third-order valence-corrected chi connectivity index (χ3v) is 2.67. The van der Waals surface area contributed by atoms with Crippen molar-refractivity contribution in [1.82, 2.24) is 0 Å². The van der Waals surface area contributed by atoms with Crippen molar-refractivity contribution in [3.05, 3.63) is 12.7 Å². The van der Waals surface area contributed by atoms with Crippen LogP contribution in [0.5, 0.6) is 0 Å². The molecule has 0 saturated heterocycles. The van der Waals surface area contributed by atoms with Crippen molar-refractivity contribution in [3.8, 4) is 0 Å². The fourth-order valence-electron chi connectivity index (χ4n) is 0.535. The zero-order chi connectivity index (χ0) is 16.5. The van der Waals surface area contributed by atoms with E-state index in [1.807, 2.05) is 26.8 Å². The van der Waals surface area contributed by atoms with Crippen molar-refractivity contribution in [3.63, 3.8) is 0 Å². The summed E-state index contributed by atoms with van der Waals surface area (Å²) in [5.41, 5.74) is 0. The summed E-state index contributed by atoms with van der Waals surface area (Å²) in [4.78, 5) is 0. The number of hydrogen-bond donors (Lipinski definition) is 0. The summed E-state index contributed by atoms with van der Waals surface area (Å²) in [7, 11) is 0. The van der Waals surface area contributed by atoms with Gasteiger partial charge < -0.3 is 15.3 Å². The van der Waals surface area contributed by atoms with E-state index in [2.05, 4.69) is 6.58 Å². The van der Waals surface area contributed by atoms with Crippen LogP contribution in [0, 0.1) is 0 Å². The third-order valence-electron chi connectivity index (χ3n) is 1.84. The van der Waals surface area contributed by atoms with Crippen LogP contribution in [0.4, 0.5) is 0 Å². The van der Waals surface area contributed by atoms with Gasteiger partial charge in [0.05, 0.1) is 0 Å². The summed E-state index contributed by atoms with van der Waals surface area (Å²) >= 11 is 1.61. The molecule has 0 N–H and O–H groups in total. The molecule has 0 fully saturated rings. The van der Waals surface area contributed by atoms with Crippen LogP contribution in [0.1, 0.15) is 65.7 Å². The monoisotopic (exact) mass is 394 g/mol. The maximum atomic E-state index is 9.53. The van der Waals surface area contributed by atoms with Crippen LogP contribution in [0.25, 0.3) is 0 Å². The van der Waals surface area contributed by atoms with E-state index >= 15 is 0 Å². The fourth-order valence-corrected chi connectivity index (χ4v) is 1.12. The van der Waals surface area contributed by atoms with Crippen LogP contribution in [0.15, 0.2) is 12.7 Å². The van der Waals surface area contributed by atoms with Crippen molar-refractivity contribution in [1.29, 1.82) is 0 Å². The minimum atomic E-state index is 0.0938. The van der Waals surface area contributed by atoms with Gasteiger partial charge in [-0.05, 0) is 0 Å². The molecule has 0 atom stereocenters. The summed E-state index contributed by atoms with van der Waals surface area (Å²) in [5.74, 6) is 0. The van der Waals surface area contributed by atoms with Gasteiger partial charge in [-0.1, -0.05) is 59.3 Å². The average molecular weight is 393 g/mol. The maximum absolute atomic E-state index is 9.53. The number of hydrogen-bond acceptors (Lipinski definition) is 3. The van der Waals surface area contributed by atoms with Gasteiger partial charge in [0, 0.05) is 0 Å². The molecule has 0 spiro atoms. The zero-order valence-electron chi connectivity index (χ0n) is 13.8. The second kappa shape index (κ2) is 42.7. The van der Waals surface area contributed by atoms with Crippen LogP contribution in [0.3, 0.4) is 0 Å². The van der Waals surface area contributed by atoms with E-state index < -0.39 is 0 Å². The predicted molar refractivity (Wildman–Crippen MR) is 84.7 cm³/mol. The topological polar surface area (TPSA) is 69.2 Å². The van der Waals surface area contributed by atoms with E-state index in [0.717, 1.165) is 38.5 Å². The van der Waals surface area contributed by atoms with Crippen molar-refractivity contribution in [2.45, 2.75) is 70.2 Å². The molecule has 3 nitrogen and oxygen atoms in total. The first-order valence-electron chi connectivity index (χ1n) is 7.66. The molecule has 0 aliphatic carbocycles. The molecule has 0 unspecified atom stereocenters. The molecule has 0 heterocycles. The maximum Gasteiger partial charge on any atom is -0.0575 e. The number of allylic oxidation sites excluding steroid dienone is 1. The van der Waals surface area contributed by atoms with Crippen molar-refractivity contribution >= 4 is 22.5 Å². The van der Waals surface area contributed by atoms with E-state index in [4.69, 9.17) is 0 Å². The Kier molecular flexibility index (Phi) is 61.0. The predicted octanol–water partition coefficient (Wildman–Crippen LogP) is 1.59. The van der Waals surface area contributed by atoms with E-state index in [1.165, 1.54) is 10.9 Å². The normalized spacial score (nSPS) is 8.20. The van der Waals surface area contributed by atoms with Crippen LogP contribution in [-0.4, -0.2) is 42.3 Å². The van der Waals surface area contributed by atoms with Crippen LogP contribution < -0.4 is 15.3 Å². The van der Waals surface area contributed by atoms with Gasteiger partial charge in [-0.25, -0.2) is 0 Å². The fraction of sp³-hybridized carbons (Fsp3) is 0.875. The van der Waals surface area contributed by atoms with E-state index in [0.29, 0.717) is 0 Å². The van der Waals surface area contributed by atoms with Gasteiger partial charge in [0.25, 0.3) is 0 Å². The minimum Gasteiger partial charge on any atom is -0.854 e. The first-order valence-corrected chi connectivity index (χ1v) is 9.68. The van der Waals surface area contributed by atoms with Crippen LogP contribution >= 0.6 is 0 Å². The zero-order valence-corrected chi connectivity index (χ0v) is 16.6. The van der Waals surface area contributed by atoms with Gasteiger partial charge in [-0.3, -0.25) is 0 Å². The van der Waals surface area contributed by atoms with Gasteiger partial charge >= 0.3 is 46.0 Å². The second-order valence-corrected chi connectivity index (χ2v) is 5.43. The molecular formula is C16H34O3Sn. The van der Waals surface area contributed by atoms with Gasteiger partial charge in [0.15, 0.2) is 0 Å². The summed E-state index contributed by atoms with van der Waals surface area (Å²) in [6.45, 7) is 9.88. The molecule has 0 aromatic heterocycles. The molecule has 20 heavy (non-hydrogen) atoms. The third kappa shape index (κ3) is 78.8. The number of rotatable bonds is 8. The smallest absolute Gasteiger partial charge is 0.0575 e. The SMILES string of the molecule is C=CC[CH2][Sn+3].CCCC[O-].CCCC[O-].CCCC[O-]. The Hall–Kier alpha value is 0.419. The molecule has 0 aliphatic heterocycles. The van der Waals surface area contributed by atoms with E-state index in [-0.39, 0.29) is 19.8 Å². The quantitative estimate of drug-likeness (QED) is 0.465. The van der Waals surface area contributed by atoms with Crippen LogP contribution in [-0.2, 0) is 0 Å². The van der Waals surface area contributed by atoms with Gasteiger partial charge in [0.2, 0.25) is 0 Å². The summed E-state index contributed by atoms with van der Waals surface area (Å²) in [6, 6.07) is 0. The summed E-state index contributed by atoms with van der Waals surface area (Å²) < 4.78 is 1.32. The molecule has 0 rings (SSSR count). The second-order valence-electron chi connectivity index (χ2n) is 4.00. The molecule has 4 heteroatoms. The Morgan fingerprint density at radius 2 is 1.10 bits per heavy atom. The Bertz CT molecular complexity index is 102. The van der Waals surface area contributed by atoms with Crippen LogP contribution in [0.2, 0.25) is 4.44 Å². The molecule has 0 aromatic carbocycles. The largest absolute Gasteiger partial charge is 0.854 e. The van der Waals surface area contributed by atoms with Gasteiger partial charge in [-0.15, -0.1) is 19.8 Å². The first-order chi connectivity index (χ1) is 9.66. The standard InChI is InChI=1S/3C4H9O.C4H7.Sn/c3*1-2-3-4-5;1-3-4-2;/h3*2-4H2,1H3;3H,1-2,4H2;/q3*-1;;+3. The van der Waals surface area contributed by atoms with Gasteiger partial charge in [-0.2, -0.15) is 0 Å². The van der Waals surface area contributed by atoms with E-state index in [9.17, 15) is 15.3 Å². The van der Waals surface area contributed by atoms with Gasteiger partial charge in [0.1, 0.15) is 0 Å². The molecule has 0 amide bonds. The Balaban J connectivity index is -0.0000000853. The molecule has 120 valence electrons. The summed E-state index contributed by atoms with van der Waals surface area (Å²) in [6.07, 6.45) is 8.74. The molecule has 0 aliphatic rings. The molecular weight excluding hydrogens is 359 g/mol. The Morgan fingerprint density at radius 3 is 1.10 bits per heavy atom. The number of unbranched alkanes of at least 4 members (excludes halogenated alkanes) is 3. The van der Waals surface area contributed by atoms with Crippen molar-refractivity contribution in [2.24, 2.45) is 0 Å². The molecule has 0 aromatic rings.